The maximum Gasteiger partial charge on any atom is 0.307 e. The van der Waals surface area contributed by atoms with Crippen LogP contribution in [0.3, 0.4) is 0 Å². The zero-order valence-electron chi connectivity index (χ0n) is 13.0. The maximum atomic E-state index is 13.5. The number of esters is 1. The molecule has 1 aromatic heterocycles. The summed E-state index contributed by atoms with van der Waals surface area (Å²) in [5, 5.41) is 4.12. The number of rotatable bonds is 7. The van der Waals surface area contributed by atoms with E-state index in [2.05, 4.69) is 5.32 Å². The first-order valence-corrected chi connectivity index (χ1v) is 8.17. The fourth-order valence-electron chi connectivity index (χ4n) is 1.88. The summed E-state index contributed by atoms with van der Waals surface area (Å²) in [7, 11) is 0. The van der Waals surface area contributed by atoms with Crippen LogP contribution in [0.25, 0.3) is 0 Å². The number of carbonyl (C=O) groups excluding carboxylic acids is 3. The van der Waals surface area contributed by atoms with Gasteiger partial charge < -0.3 is 10.1 Å². The molecular formula is C17H16FNO4S. The maximum absolute atomic E-state index is 13.5. The van der Waals surface area contributed by atoms with Gasteiger partial charge in [0.05, 0.1) is 17.0 Å². The molecule has 1 atom stereocenters. The average molecular weight is 349 g/mol. The van der Waals surface area contributed by atoms with Gasteiger partial charge in [-0.3, -0.25) is 14.4 Å². The van der Waals surface area contributed by atoms with Gasteiger partial charge >= 0.3 is 5.97 Å². The van der Waals surface area contributed by atoms with Gasteiger partial charge in [0, 0.05) is 6.42 Å². The van der Waals surface area contributed by atoms with Crippen LogP contribution < -0.4 is 5.32 Å². The summed E-state index contributed by atoms with van der Waals surface area (Å²) >= 11 is 1.30. The largest absolute Gasteiger partial charge is 0.453 e. The number of thiophene rings is 1. The van der Waals surface area contributed by atoms with Gasteiger partial charge in [-0.25, -0.2) is 4.39 Å². The van der Waals surface area contributed by atoms with Gasteiger partial charge in [0.1, 0.15) is 5.82 Å². The molecule has 0 spiro atoms. The number of Topliss-reactive ketones (excluding diaryl/α,β-unsaturated/α-hetero) is 1. The number of hydrogen-bond donors (Lipinski definition) is 1. The third-order valence-electron chi connectivity index (χ3n) is 3.16. The van der Waals surface area contributed by atoms with Crippen molar-refractivity contribution in [2.75, 3.05) is 5.32 Å². The molecule has 1 amide bonds. The molecule has 0 bridgehead atoms. The number of halogens is 1. The van der Waals surface area contributed by atoms with E-state index in [0.29, 0.717) is 4.88 Å². The molecule has 7 heteroatoms. The summed E-state index contributed by atoms with van der Waals surface area (Å²) in [5.41, 5.74) is 0.0123. The summed E-state index contributed by atoms with van der Waals surface area (Å²) < 4.78 is 18.4. The molecule has 5 nitrogen and oxygen atoms in total. The van der Waals surface area contributed by atoms with Crippen LogP contribution in [-0.4, -0.2) is 23.8 Å². The first-order valence-electron chi connectivity index (χ1n) is 7.29. The van der Waals surface area contributed by atoms with E-state index in [1.165, 1.54) is 36.5 Å². The molecule has 1 heterocycles. The summed E-state index contributed by atoms with van der Waals surface area (Å²) in [5.74, 6) is -2.02. The minimum absolute atomic E-state index is 0.0123. The standard InChI is InChI=1S/C17H16FNO4S/c1-11(17(22)19-13-6-3-2-5-12(13)18)23-16(21)9-8-14(20)15-7-4-10-24-15/h2-7,10-11H,8-9H2,1H3,(H,19,22). The van der Waals surface area contributed by atoms with Crippen molar-refractivity contribution in [1.29, 1.82) is 0 Å². The third kappa shape index (κ3) is 4.99. The van der Waals surface area contributed by atoms with Crippen molar-refractivity contribution in [3.05, 3.63) is 52.5 Å². The Morgan fingerprint density at radius 1 is 1.17 bits per heavy atom. The smallest absolute Gasteiger partial charge is 0.307 e. The molecule has 1 aromatic carbocycles. The van der Waals surface area contributed by atoms with Crippen molar-refractivity contribution in [3.8, 4) is 0 Å². The second kappa shape index (κ2) is 8.35. The van der Waals surface area contributed by atoms with Crippen LogP contribution in [-0.2, 0) is 14.3 Å². The molecule has 2 aromatic rings. The monoisotopic (exact) mass is 349 g/mol. The molecule has 126 valence electrons. The topological polar surface area (TPSA) is 72.5 Å². The van der Waals surface area contributed by atoms with Gasteiger partial charge in [0.15, 0.2) is 11.9 Å². The molecule has 1 N–H and O–H groups in total. The first kappa shape index (κ1) is 17.8. The predicted octanol–water partition coefficient (Wildman–Crippen LogP) is 3.42. The van der Waals surface area contributed by atoms with Crippen LogP contribution in [0, 0.1) is 5.82 Å². The van der Waals surface area contributed by atoms with Crippen LogP contribution in [0.2, 0.25) is 0 Å². The number of benzene rings is 1. The Bertz CT molecular complexity index is 730. The van der Waals surface area contributed by atoms with Crippen molar-refractivity contribution in [2.24, 2.45) is 0 Å². The Balaban J connectivity index is 1.79. The minimum Gasteiger partial charge on any atom is -0.453 e. The number of hydrogen-bond acceptors (Lipinski definition) is 5. The molecule has 0 aliphatic heterocycles. The zero-order valence-corrected chi connectivity index (χ0v) is 13.8. The Labute approximate surface area is 142 Å². The van der Waals surface area contributed by atoms with Gasteiger partial charge in [0.2, 0.25) is 0 Å². The summed E-state index contributed by atoms with van der Waals surface area (Å²) in [6.07, 6.45) is -1.19. The summed E-state index contributed by atoms with van der Waals surface area (Å²) in [6.45, 7) is 1.38. The minimum atomic E-state index is -1.09. The second-order valence-electron chi connectivity index (χ2n) is 5.00. The van der Waals surface area contributed by atoms with E-state index in [1.54, 1.807) is 23.6 Å². The third-order valence-corrected chi connectivity index (χ3v) is 4.07. The van der Waals surface area contributed by atoms with Crippen LogP contribution in [0.1, 0.15) is 29.4 Å². The van der Waals surface area contributed by atoms with Crippen molar-refractivity contribution in [1.82, 2.24) is 0 Å². The number of para-hydroxylation sites is 1. The number of anilines is 1. The van der Waals surface area contributed by atoms with Crippen molar-refractivity contribution in [3.63, 3.8) is 0 Å². The predicted molar refractivity (Wildman–Crippen MR) is 88.5 cm³/mol. The SMILES string of the molecule is CC(OC(=O)CCC(=O)c1cccs1)C(=O)Nc1ccccc1F. The first-order chi connectivity index (χ1) is 11.5. The molecule has 24 heavy (non-hydrogen) atoms. The van der Waals surface area contributed by atoms with Crippen LogP contribution in [0.4, 0.5) is 10.1 Å². The van der Waals surface area contributed by atoms with E-state index in [0.717, 1.165) is 0 Å². The van der Waals surface area contributed by atoms with Crippen LogP contribution in [0.15, 0.2) is 41.8 Å². The molecule has 0 saturated heterocycles. The molecule has 0 saturated carbocycles. The molecule has 0 radical (unpaired) electrons. The molecule has 0 aliphatic carbocycles. The molecular weight excluding hydrogens is 333 g/mol. The lowest BCUT2D eigenvalue weighted by molar-refractivity contribution is -0.153. The molecule has 1 unspecified atom stereocenters. The summed E-state index contributed by atoms with van der Waals surface area (Å²) in [6, 6.07) is 9.13. The lowest BCUT2D eigenvalue weighted by atomic mass is 10.2. The van der Waals surface area contributed by atoms with E-state index in [4.69, 9.17) is 4.74 Å². The Morgan fingerprint density at radius 3 is 2.58 bits per heavy atom. The summed E-state index contributed by atoms with van der Waals surface area (Å²) in [4.78, 5) is 36.0. The fourth-order valence-corrected chi connectivity index (χ4v) is 2.58. The number of carbonyl (C=O) groups is 3. The Kier molecular flexibility index (Phi) is 6.20. The molecule has 0 fully saturated rings. The zero-order chi connectivity index (χ0) is 17.5. The highest BCUT2D eigenvalue weighted by atomic mass is 32.1. The van der Waals surface area contributed by atoms with E-state index in [-0.39, 0.29) is 24.3 Å². The number of nitrogens with one attached hydrogen (secondary N) is 1. The van der Waals surface area contributed by atoms with E-state index < -0.39 is 23.8 Å². The highest BCUT2D eigenvalue weighted by Crippen LogP contribution is 2.14. The lowest BCUT2D eigenvalue weighted by Gasteiger charge is -2.13. The van der Waals surface area contributed by atoms with Crippen molar-refractivity contribution < 1.29 is 23.5 Å². The highest BCUT2D eigenvalue weighted by molar-refractivity contribution is 7.12. The normalized spacial score (nSPS) is 11.6. The van der Waals surface area contributed by atoms with E-state index >= 15 is 0 Å². The molecule has 0 aliphatic rings. The second-order valence-corrected chi connectivity index (χ2v) is 5.95. The molecule has 2 rings (SSSR count). The van der Waals surface area contributed by atoms with E-state index in [9.17, 15) is 18.8 Å². The van der Waals surface area contributed by atoms with Crippen molar-refractivity contribution >= 4 is 34.7 Å². The van der Waals surface area contributed by atoms with Gasteiger partial charge in [-0.1, -0.05) is 18.2 Å². The fraction of sp³-hybridized carbons (Fsp3) is 0.235. The van der Waals surface area contributed by atoms with Gasteiger partial charge in [0.25, 0.3) is 5.91 Å². The van der Waals surface area contributed by atoms with Crippen molar-refractivity contribution in [2.45, 2.75) is 25.9 Å². The Hall–Kier alpha value is -2.54. The van der Waals surface area contributed by atoms with Gasteiger partial charge in [-0.05, 0) is 30.5 Å². The van der Waals surface area contributed by atoms with Crippen LogP contribution in [0.5, 0.6) is 0 Å². The van der Waals surface area contributed by atoms with E-state index in [1.807, 2.05) is 0 Å². The number of ether oxygens (including phenoxy) is 1. The van der Waals surface area contributed by atoms with Gasteiger partial charge in [-0.2, -0.15) is 0 Å². The Morgan fingerprint density at radius 2 is 1.92 bits per heavy atom. The number of amides is 1. The lowest BCUT2D eigenvalue weighted by Crippen LogP contribution is -2.30. The van der Waals surface area contributed by atoms with Gasteiger partial charge in [-0.15, -0.1) is 11.3 Å². The highest BCUT2D eigenvalue weighted by Gasteiger charge is 2.19. The number of ketones is 1. The average Bonchev–Trinajstić information content (AvgIpc) is 3.09. The quantitative estimate of drug-likeness (QED) is 0.614. The van der Waals surface area contributed by atoms with Crippen LogP contribution >= 0.6 is 11.3 Å².